The van der Waals surface area contributed by atoms with Gasteiger partial charge in [-0.2, -0.15) is 0 Å². The molecule has 3 heterocycles. The maximum absolute atomic E-state index is 14.7. The van der Waals surface area contributed by atoms with Gasteiger partial charge in [0.25, 0.3) is 0 Å². The molecule has 7 atom stereocenters. The molecule has 1 saturated heterocycles. The molecule has 1 aromatic carbocycles. The fourth-order valence-corrected chi connectivity index (χ4v) is 7.52. The molecule has 15 nitrogen and oxygen atoms in total. The van der Waals surface area contributed by atoms with Crippen LogP contribution in [0.2, 0.25) is 0 Å². The molecule has 2 aromatic heterocycles. The van der Waals surface area contributed by atoms with E-state index in [2.05, 4.69) is 30.9 Å². The maximum Gasteiger partial charge on any atom is 0.410 e. The van der Waals surface area contributed by atoms with Gasteiger partial charge in [-0.3, -0.25) is 29.1 Å². The molecular formula is C45H66N8O7. The van der Waals surface area contributed by atoms with Crippen molar-refractivity contribution < 1.29 is 33.8 Å². The number of aliphatic hydroxyl groups is 1. The highest BCUT2D eigenvalue weighted by molar-refractivity contribution is 5.94. The van der Waals surface area contributed by atoms with Crippen LogP contribution in [0.1, 0.15) is 97.5 Å². The Balaban J connectivity index is 1.58. The maximum atomic E-state index is 14.7. The van der Waals surface area contributed by atoms with Crippen molar-refractivity contribution in [3.05, 3.63) is 84.2 Å². The van der Waals surface area contributed by atoms with Crippen molar-refractivity contribution in [3.8, 4) is 0 Å². The molecule has 5 amide bonds. The number of benzene rings is 1. The zero-order valence-corrected chi connectivity index (χ0v) is 36.5. The van der Waals surface area contributed by atoms with E-state index in [1.54, 1.807) is 39.2 Å². The van der Waals surface area contributed by atoms with Crippen molar-refractivity contribution in [2.75, 3.05) is 13.6 Å². The van der Waals surface area contributed by atoms with Gasteiger partial charge in [0, 0.05) is 50.4 Å². The third kappa shape index (κ3) is 14.2. The first kappa shape index (κ1) is 47.4. The average Bonchev–Trinajstić information content (AvgIpc) is 3.93. The number of aromatic amines is 1. The first-order valence-electron chi connectivity index (χ1n) is 21.2. The Bertz CT molecular complexity index is 1820. The lowest BCUT2D eigenvalue weighted by atomic mass is 9.83. The number of rotatable bonds is 20. The Labute approximate surface area is 354 Å². The molecule has 5 N–H and O–H groups in total. The van der Waals surface area contributed by atoms with Crippen LogP contribution in [0.3, 0.4) is 0 Å². The number of amides is 5. The highest BCUT2D eigenvalue weighted by atomic mass is 16.6. The number of aliphatic hydroxyl groups excluding tert-OH is 1. The van der Waals surface area contributed by atoms with Crippen molar-refractivity contribution in [2.45, 2.75) is 136 Å². The van der Waals surface area contributed by atoms with Crippen molar-refractivity contribution >= 4 is 29.7 Å². The zero-order chi connectivity index (χ0) is 44.0. The van der Waals surface area contributed by atoms with Crippen LogP contribution < -0.4 is 16.0 Å². The van der Waals surface area contributed by atoms with E-state index in [0.29, 0.717) is 43.6 Å². The molecule has 0 radical (unpaired) electrons. The van der Waals surface area contributed by atoms with E-state index >= 15 is 0 Å². The Kier molecular flexibility index (Phi) is 17.6. The number of imidazole rings is 1. The van der Waals surface area contributed by atoms with Gasteiger partial charge in [0.15, 0.2) is 0 Å². The number of aromatic nitrogens is 3. The zero-order valence-electron chi connectivity index (χ0n) is 36.5. The largest absolute Gasteiger partial charge is 0.444 e. The number of likely N-dealkylation sites (N-methyl/N-ethyl adjacent to an activating group) is 1. The van der Waals surface area contributed by atoms with Crippen LogP contribution in [-0.4, -0.2) is 109 Å². The molecule has 1 aliphatic heterocycles. The average molecular weight is 831 g/mol. The number of hydrogen-bond acceptors (Lipinski definition) is 9. The fraction of sp³-hybridized carbons (Fsp3) is 0.578. The van der Waals surface area contributed by atoms with Gasteiger partial charge in [-0.05, 0) is 76.0 Å². The first-order valence-corrected chi connectivity index (χ1v) is 21.2. The van der Waals surface area contributed by atoms with Gasteiger partial charge < -0.3 is 35.7 Å². The van der Waals surface area contributed by atoms with Crippen LogP contribution in [0.25, 0.3) is 0 Å². The van der Waals surface area contributed by atoms with Gasteiger partial charge in [0.05, 0.1) is 30.7 Å². The van der Waals surface area contributed by atoms with Crippen LogP contribution in [0.5, 0.6) is 0 Å². The lowest BCUT2D eigenvalue weighted by Crippen LogP contribution is -2.59. The number of ether oxygens (including phenoxy) is 1. The molecular weight excluding hydrogens is 765 g/mol. The minimum Gasteiger partial charge on any atom is -0.444 e. The predicted molar refractivity (Wildman–Crippen MR) is 228 cm³/mol. The summed E-state index contributed by atoms with van der Waals surface area (Å²) in [5.41, 5.74) is 1.34. The number of H-pyrrole nitrogens is 1. The van der Waals surface area contributed by atoms with Crippen LogP contribution in [-0.2, 0) is 43.3 Å². The molecule has 1 aliphatic rings. The number of hydrogen-bond donors (Lipinski definition) is 5. The van der Waals surface area contributed by atoms with Gasteiger partial charge >= 0.3 is 6.09 Å². The Morgan fingerprint density at radius 2 is 1.70 bits per heavy atom. The summed E-state index contributed by atoms with van der Waals surface area (Å²) < 4.78 is 5.59. The standard InChI is InChI=1S/C45H66N8O7/c1-9-30(4)34(40(55)48-27-32-18-13-14-20-47-32)25-39(54)35(22-29(2)3)50-42(57)38(24-33-26-46-28-49-33)52(8)43(58)36(23-31-16-11-10-12-17-31)51-41(56)37-19-15-21-53(37)44(59)60-45(5,6)7/h10-14,16-18,20,26,28-30,34-39,54H,9,15,19,21-25,27H2,1-8H3,(H,46,49)(H,48,55)(H,50,57)(H,51,56)/t30?,34-,35+,36+,37+,38+,39?/m1/s1. The van der Waals surface area contributed by atoms with Crippen LogP contribution in [0.15, 0.2) is 67.3 Å². The quantitative estimate of drug-likeness (QED) is 0.108. The highest BCUT2D eigenvalue weighted by Gasteiger charge is 2.40. The number of nitrogens with one attached hydrogen (secondary N) is 4. The lowest BCUT2D eigenvalue weighted by Gasteiger charge is -2.35. The van der Waals surface area contributed by atoms with E-state index in [1.807, 2.05) is 70.2 Å². The summed E-state index contributed by atoms with van der Waals surface area (Å²) in [5.74, 6) is -2.26. The van der Waals surface area contributed by atoms with Crippen LogP contribution >= 0.6 is 0 Å². The molecule has 0 spiro atoms. The van der Waals surface area contributed by atoms with Crippen LogP contribution in [0, 0.1) is 17.8 Å². The molecule has 0 aliphatic carbocycles. The topological polar surface area (TPSA) is 199 Å². The third-order valence-corrected chi connectivity index (χ3v) is 11.0. The van der Waals surface area contributed by atoms with Gasteiger partial charge in [0.1, 0.15) is 23.7 Å². The van der Waals surface area contributed by atoms with E-state index < -0.39 is 65.6 Å². The monoisotopic (exact) mass is 831 g/mol. The molecule has 328 valence electrons. The number of nitrogens with zero attached hydrogens (tertiary/aromatic N) is 4. The molecule has 60 heavy (non-hydrogen) atoms. The van der Waals surface area contributed by atoms with Gasteiger partial charge in [-0.1, -0.05) is 70.5 Å². The molecule has 1 fully saturated rings. The van der Waals surface area contributed by atoms with E-state index in [1.165, 1.54) is 23.2 Å². The smallest absolute Gasteiger partial charge is 0.410 e. The number of pyridine rings is 1. The SMILES string of the molecule is CCC(C)[C@@H](CC(O)[C@H](CC(C)C)NC(=O)[C@H](Cc1cnc[nH]1)N(C)C(=O)[C@H](Cc1ccccc1)NC(=O)[C@@H]1CCCN1C(=O)OC(C)(C)C)C(=O)NCc1ccccn1. The summed E-state index contributed by atoms with van der Waals surface area (Å²) in [5, 5.41) is 20.8. The van der Waals surface area contributed by atoms with Crippen molar-refractivity contribution in [1.29, 1.82) is 0 Å². The fourth-order valence-electron chi connectivity index (χ4n) is 7.52. The van der Waals surface area contributed by atoms with E-state index in [4.69, 9.17) is 4.74 Å². The molecule has 4 rings (SSSR count). The highest BCUT2D eigenvalue weighted by Crippen LogP contribution is 2.25. The molecule has 0 saturated carbocycles. The van der Waals surface area contributed by atoms with Crippen LogP contribution in [0.4, 0.5) is 4.79 Å². The summed E-state index contributed by atoms with van der Waals surface area (Å²) in [6.07, 6.45) is 5.45. The molecule has 15 heteroatoms. The molecule has 3 aromatic rings. The summed E-state index contributed by atoms with van der Waals surface area (Å²) in [7, 11) is 1.52. The van der Waals surface area contributed by atoms with E-state index in [9.17, 15) is 29.1 Å². The summed E-state index contributed by atoms with van der Waals surface area (Å²) >= 11 is 0. The van der Waals surface area contributed by atoms with Crippen molar-refractivity contribution in [2.24, 2.45) is 17.8 Å². The van der Waals surface area contributed by atoms with E-state index in [0.717, 1.165) is 5.56 Å². The lowest BCUT2D eigenvalue weighted by molar-refractivity contribution is -0.142. The minimum atomic E-state index is -1.10. The van der Waals surface area contributed by atoms with Gasteiger partial charge in [-0.25, -0.2) is 9.78 Å². The Hall–Kier alpha value is -5.31. The normalized spacial score (nSPS) is 17.2. The summed E-state index contributed by atoms with van der Waals surface area (Å²) in [6.45, 7) is 13.8. The number of carbonyl (C=O) groups is 5. The van der Waals surface area contributed by atoms with Gasteiger partial charge in [0.2, 0.25) is 23.6 Å². The van der Waals surface area contributed by atoms with Crippen molar-refractivity contribution in [3.63, 3.8) is 0 Å². The second-order valence-electron chi connectivity index (χ2n) is 17.4. The van der Waals surface area contributed by atoms with Gasteiger partial charge in [-0.15, -0.1) is 0 Å². The van der Waals surface area contributed by atoms with E-state index in [-0.39, 0.29) is 43.6 Å². The molecule has 2 unspecified atom stereocenters. The van der Waals surface area contributed by atoms with Crippen molar-refractivity contribution in [1.82, 2.24) is 40.7 Å². The number of likely N-dealkylation sites (tertiary alicyclic amines) is 1. The number of carbonyl (C=O) groups excluding carboxylic acids is 5. The summed E-state index contributed by atoms with van der Waals surface area (Å²) in [6, 6.07) is 11.0. The second-order valence-corrected chi connectivity index (χ2v) is 17.4. The third-order valence-electron chi connectivity index (χ3n) is 11.0. The Morgan fingerprint density at radius 3 is 2.32 bits per heavy atom. The minimum absolute atomic E-state index is 0.0606. The molecule has 0 bridgehead atoms. The predicted octanol–water partition coefficient (Wildman–Crippen LogP) is 4.56. The second kappa shape index (κ2) is 22.3. The summed E-state index contributed by atoms with van der Waals surface area (Å²) in [4.78, 5) is 84.0. The Morgan fingerprint density at radius 1 is 0.983 bits per heavy atom. The first-order chi connectivity index (χ1) is 28.5.